The number of hydrogen-bond acceptors (Lipinski definition) is 4. The Bertz CT molecular complexity index is 947. The first-order valence-electron chi connectivity index (χ1n) is 11.7. The number of nitrogens with zero attached hydrogens (tertiary/aromatic N) is 2. The number of rotatable bonds is 6. The highest BCUT2D eigenvalue weighted by Crippen LogP contribution is 2.34. The minimum atomic E-state index is -0.0753. The van der Waals surface area contributed by atoms with Gasteiger partial charge in [-0.1, -0.05) is 48.0 Å². The van der Waals surface area contributed by atoms with E-state index in [4.69, 9.17) is 16.3 Å². The molecule has 2 aromatic rings. The zero-order chi connectivity index (χ0) is 23.1. The normalized spacial score (nSPS) is 19.0. The first kappa shape index (κ1) is 23.7. The molecule has 2 heterocycles. The van der Waals surface area contributed by atoms with E-state index in [1.807, 2.05) is 11.0 Å². The summed E-state index contributed by atoms with van der Waals surface area (Å²) in [5.74, 6) is 0.0273. The van der Waals surface area contributed by atoms with Crippen LogP contribution in [0.15, 0.2) is 54.6 Å². The lowest BCUT2D eigenvalue weighted by Crippen LogP contribution is -2.47. The summed E-state index contributed by atoms with van der Waals surface area (Å²) in [5, 5.41) is 3.76. The van der Waals surface area contributed by atoms with Crippen LogP contribution >= 0.6 is 11.6 Å². The van der Waals surface area contributed by atoms with E-state index in [0.29, 0.717) is 56.5 Å². The molecule has 33 heavy (non-hydrogen) atoms. The summed E-state index contributed by atoms with van der Waals surface area (Å²) in [7, 11) is 0. The van der Waals surface area contributed by atoms with E-state index in [0.717, 1.165) is 25.8 Å². The van der Waals surface area contributed by atoms with Crippen molar-refractivity contribution in [2.24, 2.45) is 0 Å². The lowest BCUT2D eigenvalue weighted by molar-refractivity contribution is -0.122. The Labute approximate surface area is 200 Å². The quantitative estimate of drug-likeness (QED) is 0.704. The molecule has 0 radical (unpaired) electrons. The maximum atomic E-state index is 12.8. The van der Waals surface area contributed by atoms with E-state index in [2.05, 4.69) is 34.5 Å². The van der Waals surface area contributed by atoms with Crippen molar-refractivity contribution in [1.29, 1.82) is 0 Å². The van der Waals surface area contributed by atoms with Crippen molar-refractivity contribution in [3.63, 3.8) is 0 Å². The predicted octanol–water partition coefficient (Wildman–Crippen LogP) is 3.35. The van der Waals surface area contributed by atoms with Gasteiger partial charge in [0, 0.05) is 61.9 Å². The summed E-state index contributed by atoms with van der Waals surface area (Å²) >= 11 is 6.04. The number of halogens is 1. The Hall–Kier alpha value is -2.41. The van der Waals surface area contributed by atoms with Gasteiger partial charge < -0.3 is 15.0 Å². The molecule has 0 atom stereocenters. The van der Waals surface area contributed by atoms with Crippen LogP contribution in [0.25, 0.3) is 0 Å². The third kappa shape index (κ3) is 6.14. The predicted molar refractivity (Wildman–Crippen MR) is 130 cm³/mol. The lowest BCUT2D eigenvalue weighted by atomic mass is 9.74. The molecule has 176 valence electrons. The Balaban J connectivity index is 1.30. The zero-order valence-electron chi connectivity index (χ0n) is 19.0. The molecule has 2 amide bonds. The van der Waals surface area contributed by atoms with Crippen LogP contribution in [0.4, 0.5) is 0 Å². The van der Waals surface area contributed by atoms with Crippen molar-refractivity contribution in [1.82, 2.24) is 15.1 Å². The standard InChI is InChI=1S/C26H32ClN3O3/c27-23-9-4-6-21(18-23)25(32)30-13-5-12-29(14-15-30)19-24(31)28-20-26(10-16-33-17-11-26)22-7-2-1-3-8-22/h1-4,6-9,18H,5,10-17,19-20H2,(H,28,31). The van der Waals surface area contributed by atoms with Crippen molar-refractivity contribution in [3.05, 3.63) is 70.7 Å². The van der Waals surface area contributed by atoms with Crippen molar-refractivity contribution >= 4 is 23.4 Å². The first-order chi connectivity index (χ1) is 16.1. The number of amides is 2. The van der Waals surface area contributed by atoms with Gasteiger partial charge in [0.25, 0.3) is 5.91 Å². The SMILES string of the molecule is O=C(CN1CCCN(C(=O)c2cccc(Cl)c2)CC1)NCC1(c2ccccc2)CCOCC1. The summed E-state index contributed by atoms with van der Waals surface area (Å²) in [6, 6.07) is 17.5. The van der Waals surface area contributed by atoms with Crippen LogP contribution in [0.3, 0.4) is 0 Å². The molecule has 2 saturated heterocycles. The van der Waals surface area contributed by atoms with Gasteiger partial charge in [-0.25, -0.2) is 0 Å². The summed E-state index contributed by atoms with van der Waals surface area (Å²) in [4.78, 5) is 29.7. The van der Waals surface area contributed by atoms with E-state index in [1.165, 1.54) is 5.56 Å². The molecule has 0 aliphatic carbocycles. The molecule has 2 aliphatic rings. The summed E-state index contributed by atoms with van der Waals surface area (Å²) in [5.41, 5.74) is 1.80. The van der Waals surface area contributed by atoms with Crippen molar-refractivity contribution in [3.8, 4) is 0 Å². The number of nitrogens with one attached hydrogen (secondary N) is 1. The van der Waals surface area contributed by atoms with Gasteiger partial charge in [0.15, 0.2) is 0 Å². The molecule has 6 nitrogen and oxygen atoms in total. The van der Waals surface area contributed by atoms with Crippen LogP contribution in [-0.2, 0) is 14.9 Å². The molecule has 1 N–H and O–H groups in total. The molecular weight excluding hydrogens is 438 g/mol. The summed E-state index contributed by atoms with van der Waals surface area (Å²) in [6.07, 6.45) is 2.65. The van der Waals surface area contributed by atoms with Gasteiger partial charge in [-0.3, -0.25) is 14.5 Å². The van der Waals surface area contributed by atoms with E-state index in [9.17, 15) is 9.59 Å². The molecule has 0 spiro atoms. The van der Waals surface area contributed by atoms with Gasteiger partial charge in [0.1, 0.15) is 0 Å². The highest BCUT2D eigenvalue weighted by atomic mass is 35.5. The Morgan fingerprint density at radius 3 is 2.52 bits per heavy atom. The van der Waals surface area contributed by atoms with Crippen LogP contribution < -0.4 is 5.32 Å². The van der Waals surface area contributed by atoms with Gasteiger partial charge in [0.2, 0.25) is 5.91 Å². The zero-order valence-corrected chi connectivity index (χ0v) is 19.7. The Morgan fingerprint density at radius 2 is 1.76 bits per heavy atom. The fourth-order valence-corrected chi connectivity index (χ4v) is 4.97. The number of carbonyl (C=O) groups excluding carboxylic acids is 2. The summed E-state index contributed by atoms with van der Waals surface area (Å²) in [6.45, 7) is 5.15. The molecule has 0 saturated carbocycles. The topological polar surface area (TPSA) is 61.9 Å². The maximum Gasteiger partial charge on any atom is 0.253 e. The minimum absolute atomic E-state index is 0.00637. The maximum absolute atomic E-state index is 12.8. The van der Waals surface area contributed by atoms with E-state index >= 15 is 0 Å². The van der Waals surface area contributed by atoms with E-state index in [-0.39, 0.29) is 17.2 Å². The van der Waals surface area contributed by atoms with Gasteiger partial charge >= 0.3 is 0 Å². The van der Waals surface area contributed by atoms with Crippen LogP contribution in [-0.4, -0.2) is 74.1 Å². The van der Waals surface area contributed by atoms with Gasteiger partial charge in [0.05, 0.1) is 6.54 Å². The van der Waals surface area contributed by atoms with Crippen molar-refractivity contribution < 1.29 is 14.3 Å². The summed E-state index contributed by atoms with van der Waals surface area (Å²) < 4.78 is 5.60. The fraction of sp³-hybridized carbons (Fsp3) is 0.462. The van der Waals surface area contributed by atoms with Gasteiger partial charge in [-0.2, -0.15) is 0 Å². The van der Waals surface area contributed by atoms with Crippen LogP contribution in [0, 0.1) is 0 Å². The molecule has 7 heteroatoms. The number of carbonyl (C=O) groups is 2. The second-order valence-corrected chi connectivity index (χ2v) is 9.40. The fourth-order valence-electron chi connectivity index (χ4n) is 4.78. The second-order valence-electron chi connectivity index (χ2n) is 8.97. The lowest BCUT2D eigenvalue weighted by Gasteiger charge is -2.38. The number of hydrogen-bond donors (Lipinski definition) is 1. The molecule has 2 aliphatic heterocycles. The van der Waals surface area contributed by atoms with Gasteiger partial charge in [-0.15, -0.1) is 0 Å². The molecule has 0 bridgehead atoms. The molecule has 0 unspecified atom stereocenters. The van der Waals surface area contributed by atoms with Crippen LogP contribution in [0.5, 0.6) is 0 Å². The largest absolute Gasteiger partial charge is 0.381 e. The highest BCUT2D eigenvalue weighted by Gasteiger charge is 2.35. The first-order valence-corrected chi connectivity index (χ1v) is 12.1. The van der Waals surface area contributed by atoms with Crippen LogP contribution in [0.2, 0.25) is 5.02 Å². The second kappa shape index (κ2) is 11.1. The van der Waals surface area contributed by atoms with E-state index in [1.54, 1.807) is 24.3 Å². The van der Waals surface area contributed by atoms with Crippen LogP contribution in [0.1, 0.15) is 35.2 Å². The Morgan fingerprint density at radius 1 is 0.970 bits per heavy atom. The van der Waals surface area contributed by atoms with Crippen molar-refractivity contribution in [2.45, 2.75) is 24.7 Å². The van der Waals surface area contributed by atoms with Gasteiger partial charge in [-0.05, 0) is 43.0 Å². The molecule has 2 fully saturated rings. The van der Waals surface area contributed by atoms with Crippen molar-refractivity contribution in [2.75, 3.05) is 52.5 Å². The third-order valence-electron chi connectivity index (χ3n) is 6.77. The molecule has 2 aromatic carbocycles. The number of ether oxygens (including phenoxy) is 1. The average Bonchev–Trinajstić information content (AvgIpc) is 3.09. The minimum Gasteiger partial charge on any atom is -0.381 e. The number of benzene rings is 2. The Kier molecular flexibility index (Phi) is 8.02. The third-order valence-corrected chi connectivity index (χ3v) is 7.01. The van der Waals surface area contributed by atoms with E-state index < -0.39 is 0 Å². The highest BCUT2D eigenvalue weighted by molar-refractivity contribution is 6.30. The monoisotopic (exact) mass is 469 g/mol. The molecular formula is C26H32ClN3O3. The average molecular weight is 470 g/mol. The smallest absolute Gasteiger partial charge is 0.253 e. The molecule has 0 aromatic heterocycles. The molecule has 4 rings (SSSR count).